The number of aliphatic hydroxyl groups excluding tert-OH is 3. The van der Waals surface area contributed by atoms with Gasteiger partial charge in [-0.15, -0.1) is 0 Å². The molecule has 1 saturated heterocycles. The Kier molecular flexibility index (Phi) is 45.3. The van der Waals surface area contributed by atoms with Crippen LogP contribution in [0.5, 0.6) is 5.75 Å². The maximum atomic E-state index is 15.4. The van der Waals surface area contributed by atoms with Crippen molar-refractivity contribution in [2.45, 2.75) is 145 Å². The Hall–Kier alpha value is -7.87. The summed E-state index contributed by atoms with van der Waals surface area (Å²) >= 11 is 1.50. The number of amides is 10. The number of ketones is 2. The molecule has 0 spiro atoms. The number of rotatable bonds is 48. The van der Waals surface area contributed by atoms with Gasteiger partial charge in [0.05, 0.1) is 185 Å². The number of aliphatic carboxylic acids is 1. The number of ether oxygens (including phenoxy) is 9. The molecule has 38 nitrogen and oxygen atoms in total. The number of fused-ring (bicyclic) bond motifs is 5. The second-order valence-electron chi connectivity index (χ2n) is 27.9. The summed E-state index contributed by atoms with van der Waals surface area (Å²) in [4.78, 5) is 179. The molecule has 3 aliphatic rings. The van der Waals surface area contributed by atoms with E-state index in [1.807, 2.05) is 0 Å². The first-order valence-corrected chi connectivity index (χ1v) is 41.0. The van der Waals surface area contributed by atoms with Crippen LogP contribution in [-0.4, -0.2) is 318 Å². The predicted octanol–water partition coefficient (Wildman–Crippen LogP) is -3.05. The highest BCUT2D eigenvalue weighted by molar-refractivity contribution is 7.98. The molecule has 40 heteroatoms. The number of carboxylic acids is 1. The van der Waals surface area contributed by atoms with Crippen molar-refractivity contribution in [1.82, 2.24) is 52.4 Å². The lowest BCUT2D eigenvalue weighted by molar-refractivity contribution is -0.144. The average Bonchev–Trinajstić information content (AvgIpc) is 1.61. The van der Waals surface area contributed by atoms with Crippen molar-refractivity contribution < 1.29 is 130 Å². The van der Waals surface area contributed by atoms with E-state index in [9.17, 15) is 72.9 Å². The number of primary amides is 1. The molecule has 2 aromatic rings. The number of nitrogens with zero attached hydrogens (tertiary/aromatic N) is 1. The summed E-state index contributed by atoms with van der Waals surface area (Å²) < 4.78 is 65.4. The number of nitrogens with one attached hydrogen (secondary N) is 9. The Bertz CT molecular complexity index is 3480. The number of unbranched alkanes of at least 4 members (excludes halogenated alkanes) is 1. The molecule has 1 aromatic heterocycles. The van der Waals surface area contributed by atoms with Gasteiger partial charge in [0.2, 0.25) is 59.1 Å². The molecule has 3 aliphatic heterocycles. The Morgan fingerprint density at radius 2 is 1.26 bits per heavy atom. The first-order chi connectivity index (χ1) is 54.7. The highest BCUT2D eigenvalue weighted by Gasteiger charge is 2.45. The van der Waals surface area contributed by atoms with Gasteiger partial charge in [-0.2, -0.15) is 11.8 Å². The minimum atomic E-state index is -2.42. The van der Waals surface area contributed by atoms with E-state index in [1.54, 1.807) is 26.0 Å². The smallest absolute Gasteiger partial charge is 0.306 e. The summed E-state index contributed by atoms with van der Waals surface area (Å²) in [6.07, 6.45) is -4.13. The van der Waals surface area contributed by atoms with Crippen molar-refractivity contribution in [2.24, 2.45) is 35.3 Å². The highest BCUT2D eigenvalue weighted by Crippen LogP contribution is 2.37. The lowest BCUT2D eigenvalue weighted by Crippen LogP contribution is -2.60. The fraction of sp³-hybridized carbons (Fsp3) is 0.716. The van der Waals surface area contributed by atoms with Gasteiger partial charge < -0.3 is 121 Å². The predicted molar refractivity (Wildman–Crippen MR) is 411 cm³/mol. The number of carbonyl (C=O) groups is 13. The molecule has 0 saturated carbocycles. The number of hydrogen-bond acceptors (Lipinski definition) is 27. The molecule has 4 heterocycles. The van der Waals surface area contributed by atoms with Gasteiger partial charge in [0, 0.05) is 99.2 Å². The third-order valence-corrected chi connectivity index (χ3v) is 21.7. The largest absolute Gasteiger partial charge is 0.496 e. The number of carbonyl (C=O) groups excluding carboxylic acids is 12. The van der Waals surface area contributed by atoms with Crippen LogP contribution in [0.2, 0.25) is 0 Å². The summed E-state index contributed by atoms with van der Waals surface area (Å²) in [6, 6.07) is -3.70. The van der Waals surface area contributed by atoms with Gasteiger partial charge in [0.25, 0.3) is 0 Å². The zero-order valence-electron chi connectivity index (χ0n) is 65.7. The quantitative estimate of drug-likeness (QED) is 0.0293. The van der Waals surface area contributed by atoms with Crippen LogP contribution in [0.25, 0.3) is 10.9 Å². The third kappa shape index (κ3) is 34.5. The van der Waals surface area contributed by atoms with Crippen LogP contribution in [-0.2, 0) is 123 Å². The molecule has 10 amide bonds. The standard InChI is InChI=1S/C74H117N11O27S2/c1-6-45(2)52-36-49(87)39-79-68(96)48-34-53-51-9-10-60(104-5)54(67(51)84-72(53)114(103)44-56(81-65(95)40-80-69(52)97)70(98)82-55(38-61(75)91)73(100)85-41-50(88)37-57(85)71(99)83-66(58(89)35-48)47(4)59(90)42-86)43-113-32-8-7-13-76-63(93)12-16-105-18-20-107-22-24-109-26-28-111-30-31-112-29-27-110-25-23-108-21-19-106-17-15-78-62(92)11-14-77-64(94)33-46(3)74(101)102/h9-10,45-48,50,52,55-57,59,66,84,86,88,90H,6-8,11-44H2,1-5H3,(H2,75,91)(H,76,93)(H,77,94)(H,78,92)(H,79,96)(H,80,97)(H,81,95)(H,82,98)(H,83,99)(H,101,102)/t45-,46?,47-,48+,50+,52-,55-,56-,57-,59-,66-,114?/m0/s1. The fourth-order valence-electron chi connectivity index (χ4n) is 12.4. The minimum Gasteiger partial charge on any atom is -0.496 e. The van der Waals surface area contributed by atoms with Crippen LogP contribution in [0.4, 0.5) is 0 Å². The number of benzene rings is 1. The van der Waals surface area contributed by atoms with Crippen molar-refractivity contribution in [3.8, 4) is 5.75 Å². The SMILES string of the molecule is CC[C@H](C)[C@@H]1CC(=O)CNC(=O)[C@H]2CC(=O)[C@H]([C@@H](C)[C@@H](O)CO)NC(=O)[C@@H]3C[C@@H](O)CN3C(=O)[C@H](CC(N)=O)NC(=O)[C@H](CS(=O)c3[nH]c4c(CSCCCCNC(=O)CCOCCOCCOCCOCCOCCOCCOCCOCCNC(=O)CCNC(=O)CC(C)C(=O)O)c(OC)ccc4c3C2)NC(=O)CNC1=O. The number of H-pyrrole nitrogens is 1. The second kappa shape index (κ2) is 53.4. The molecule has 2 unspecified atom stereocenters. The normalized spacial score (nSPS) is 21.4. The number of methoxy groups -OCH3 is 1. The minimum absolute atomic E-state index is 0.0648. The molecular weight excluding hydrogens is 1540 g/mol. The summed E-state index contributed by atoms with van der Waals surface area (Å²) in [5.41, 5.74) is 6.73. The van der Waals surface area contributed by atoms with Gasteiger partial charge in [-0.25, -0.2) is 0 Å². The molecule has 114 heavy (non-hydrogen) atoms. The number of thioether (sulfide) groups is 1. The van der Waals surface area contributed by atoms with Crippen molar-refractivity contribution in [3.63, 3.8) is 0 Å². The topological polar surface area (TPSA) is 544 Å². The Morgan fingerprint density at radius 3 is 1.85 bits per heavy atom. The zero-order chi connectivity index (χ0) is 83.5. The zero-order valence-corrected chi connectivity index (χ0v) is 67.3. The Morgan fingerprint density at radius 1 is 0.684 bits per heavy atom. The second-order valence-corrected chi connectivity index (χ2v) is 30.4. The van der Waals surface area contributed by atoms with Gasteiger partial charge in [-0.05, 0) is 48.6 Å². The van der Waals surface area contributed by atoms with Crippen molar-refractivity contribution in [3.05, 3.63) is 23.3 Å². The van der Waals surface area contributed by atoms with Crippen LogP contribution in [0.15, 0.2) is 17.2 Å². The maximum absolute atomic E-state index is 15.4. The number of carboxylic acid groups (broad SMARTS) is 1. The van der Waals surface area contributed by atoms with Gasteiger partial charge in [-0.1, -0.05) is 34.1 Å². The van der Waals surface area contributed by atoms with Crippen LogP contribution in [0.1, 0.15) is 103 Å². The lowest BCUT2D eigenvalue weighted by atomic mass is 9.85. The van der Waals surface area contributed by atoms with Gasteiger partial charge in [0.1, 0.15) is 28.9 Å². The highest BCUT2D eigenvalue weighted by atomic mass is 32.2. The molecule has 0 radical (unpaired) electrons. The number of hydrogen-bond donors (Lipinski definition) is 14. The van der Waals surface area contributed by atoms with Crippen LogP contribution in [0, 0.1) is 29.6 Å². The molecule has 5 rings (SSSR count). The van der Waals surface area contributed by atoms with Crippen LogP contribution < -0.4 is 53.0 Å². The van der Waals surface area contributed by atoms with E-state index in [1.165, 1.54) is 32.7 Å². The fourth-order valence-corrected chi connectivity index (χ4v) is 14.9. The van der Waals surface area contributed by atoms with Gasteiger partial charge in [-0.3, -0.25) is 66.5 Å². The molecule has 12 atom stereocenters. The molecule has 642 valence electrons. The average molecular weight is 1660 g/mol. The number of aromatic nitrogens is 1. The van der Waals surface area contributed by atoms with E-state index in [-0.39, 0.29) is 73.8 Å². The monoisotopic (exact) mass is 1660 g/mol. The van der Waals surface area contributed by atoms with Crippen LogP contribution in [0.3, 0.4) is 0 Å². The van der Waals surface area contributed by atoms with E-state index < -0.39 is 206 Å². The van der Waals surface area contributed by atoms with Crippen LogP contribution >= 0.6 is 11.8 Å². The van der Waals surface area contributed by atoms with Crippen molar-refractivity contribution in [1.29, 1.82) is 0 Å². The van der Waals surface area contributed by atoms with E-state index in [0.717, 1.165) is 4.90 Å². The number of Topliss-reactive ketones (excluding diaryl/α,β-unsaturated/α-hetero) is 2. The molecule has 15 N–H and O–H groups in total. The summed E-state index contributed by atoms with van der Waals surface area (Å²) in [7, 11) is -0.977. The van der Waals surface area contributed by atoms with E-state index in [2.05, 4.69) is 47.5 Å². The maximum Gasteiger partial charge on any atom is 0.306 e. The molecular formula is C74H117N11O27S2. The van der Waals surface area contributed by atoms with Crippen molar-refractivity contribution in [2.75, 3.05) is 170 Å². The first kappa shape index (κ1) is 96.7. The first-order valence-electron chi connectivity index (χ1n) is 38.5. The Balaban J connectivity index is 1.09. The van der Waals surface area contributed by atoms with Gasteiger partial charge in [0.15, 0.2) is 11.6 Å². The molecule has 1 fully saturated rings. The number of aromatic amines is 1. The van der Waals surface area contributed by atoms with E-state index in [0.29, 0.717) is 146 Å². The Labute approximate surface area is 669 Å². The van der Waals surface area contributed by atoms with E-state index >= 15 is 9.00 Å². The van der Waals surface area contributed by atoms with E-state index in [4.69, 9.17) is 53.5 Å². The third-order valence-electron chi connectivity index (χ3n) is 19.2. The lowest BCUT2D eigenvalue weighted by Gasteiger charge is -2.32. The number of nitrogens with two attached hydrogens (primary N) is 1. The summed E-state index contributed by atoms with van der Waals surface area (Å²) in [5.74, 6) is -14.9. The molecule has 1 aromatic carbocycles. The summed E-state index contributed by atoms with van der Waals surface area (Å²) in [6.45, 7) is 9.70. The summed E-state index contributed by atoms with van der Waals surface area (Å²) in [5, 5.41) is 62.0. The molecule has 0 aliphatic carbocycles. The van der Waals surface area contributed by atoms with Crippen molar-refractivity contribution >= 4 is 110 Å². The number of aliphatic hydroxyl groups is 3. The molecule has 2 bridgehead atoms. The van der Waals surface area contributed by atoms with Gasteiger partial charge >= 0.3 is 5.97 Å².